The molecule has 0 aromatic heterocycles. The fraction of sp³-hybridized carbons (Fsp3) is 0.300. The molecular weight excluding hydrogens is 230 g/mol. The second kappa shape index (κ2) is 3.48. The summed E-state index contributed by atoms with van der Waals surface area (Å²) < 4.78 is 23.5. The molecule has 0 amide bonds. The summed E-state index contributed by atoms with van der Waals surface area (Å²) in [5.41, 5.74) is 0.564. The van der Waals surface area contributed by atoms with Crippen molar-refractivity contribution in [2.45, 2.75) is 4.90 Å². The Bertz CT molecular complexity index is 550. The van der Waals surface area contributed by atoms with Gasteiger partial charge in [0, 0.05) is 13.6 Å². The summed E-state index contributed by atoms with van der Waals surface area (Å²) >= 11 is 0. The van der Waals surface area contributed by atoms with Crippen LogP contribution in [0.3, 0.4) is 0 Å². The van der Waals surface area contributed by atoms with Gasteiger partial charge >= 0.3 is 5.97 Å². The lowest BCUT2D eigenvalue weighted by Gasteiger charge is -2.27. The van der Waals surface area contributed by atoms with Gasteiger partial charge in [0.05, 0.1) is 21.9 Å². The summed E-state index contributed by atoms with van der Waals surface area (Å²) in [5, 5.41) is 8.83. The summed E-state index contributed by atoms with van der Waals surface area (Å²) in [6.45, 7) is 0.387. The molecule has 1 N–H and O–H groups in total. The first-order chi connectivity index (χ1) is 7.42. The molecule has 1 aliphatic heterocycles. The Hall–Kier alpha value is -1.56. The van der Waals surface area contributed by atoms with Gasteiger partial charge in [-0.2, -0.15) is 0 Å². The van der Waals surface area contributed by atoms with Crippen LogP contribution < -0.4 is 4.90 Å². The molecule has 1 aromatic rings. The predicted molar refractivity (Wildman–Crippen MR) is 58.7 cm³/mol. The fourth-order valence-electron chi connectivity index (χ4n) is 1.70. The zero-order valence-electron chi connectivity index (χ0n) is 8.67. The number of aromatic carboxylic acids is 1. The van der Waals surface area contributed by atoms with Gasteiger partial charge in [0.1, 0.15) is 0 Å². The van der Waals surface area contributed by atoms with Crippen molar-refractivity contribution in [1.29, 1.82) is 0 Å². The lowest BCUT2D eigenvalue weighted by atomic mass is 10.2. The van der Waals surface area contributed by atoms with E-state index in [1.165, 1.54) is 18.2 Å². The third kappa shape index (κ3) is 1.65. The van der Waals surface area contributed by atoms with Crippen molar-refractivity contribution in [1.82, 2.24) is 0 Å². The first-order valence-electron chi connectivity index (χ1n) is 4.73. The molecule has 0 fully saturated rings. The van der Waals surface area contributed by atoms with E-state index in [1.54, 1.807) is 11.9 Å². The van der Waals surface area contributed by atoms with Crippen molar-refractivity contribution >= 4 is 21.5 Å². The average molecular weight is 241 g/mol. The van der Waals surface area contributed by atoms with Crippen LogP contribution in [-0.2, 0) is 9.84 Å². The van der Waals surface area contributed by atoms with Crippen LogP contribution >= 0.6 is 0 Å². The van der Waals surface area contributed by atoms with Crippen molar-refractivity contribution in [3.63, 3.8) is 0 Å². The molecule has 5 nitrogen and oxygen atoms in total. The zero-order chi connectivity index (χ0) is 11.9. The molecule has 0 bridgehead atoms. The summed E-state index contributed by atoms with van der Waals surface area (Å²) in [6.07, 6.45) is 0. The van der Waals surface area contributed by atoms with E-state index in [9.17, 15) is 13.2 Å². The second-order valence-corrected chi connectivity index (χ2v) is 5.81. The Morgan fingerprint density at radius 2 is 2.12 bits per heavy atom. The second-order valence-electron chi connectivity index (χ2n) is 3.73. The van der Waals surface area contributed by atoms with E-state index in [-0.39, 0.29) is 16.2 Å². The van der Waals surface area contributed by atoms with Crippen LogP contribution in [0.4, 0.5) is 5.69 Å². The minimum absolute atomic E-state index is 0.0723. The molecule has 16 heavy (non-hydrogen) atoms. The van der Waals surface area contributed by atoms with E-state index < -0.39 is 15.8 Å². The molecule has 0 saturated heterocycles. The summed E-state index contributed by atoms with van der Waals surface area (Å²) in [6, 6.07) is 4.08. The molecule has 0 saturated carbocycles. The standard InChI is InChI=1S/C10H11NO4S/c1-11-4-5-16(14,15)9-3-2-7(10(12)13)6-8(9)11/h2-3,6H,4-5H2,1H3,(H,12,13). The Morgan fingerprint density at radius 3 is 2.75 bits per heavy atom. The number of benzene rings is 1. The van der Waals surface area contributed by atoms with Crippen molar-refractivity contribution in [3.05, 3.63) is 23.8 Å². The quantitative estimate of drug-likeness (QED) is 0.779. The molecule has 86 valence electrons. The molecule has 0 unspecified atom stereocenters. The van der Waals surface area contributed by atoms with Gasteiger partial charge in [0.15, 0.2) is 9.84 Å². The largest absolute Gasteiger partial charge is 0.478 e. The number of sulfone groups is 1. The normalized spacial score (nSPS) is 17.9. The van der Waals surface area contributed by atoms with Gasteiger partial charge in [0.25, 0.3) is 0 Å². The maximum atomic E-state index is 11.7. The zero-order valence-corrected chi connectivity index (χ0v) is 9.49. The number of hydrogen-bond acceptors (Lipinski definition) is 4. The minimum Gasteiger partial charge on any atom is -0.478 e. The van der Waals surface area contributed by atoms with Crippen LogP contribution in [-0.4, -0.2) is 38.8 Å². The smallest absolute Gasteiger partial charge is 0.335 e. The van der Waals surface area contributed by atoms with Crippen LogP contribution in [0.5, 0.6) is 0 Å². The van der Waals surface area contributed by atoms with Gasteiger partial charge in [-0.3, -0.25) is 0 Å². The van der Waals surface area contributed by atoms with Gasteiger partial charge in [-0.15, -0.1) is 0 Å². The number of hydrogen-bond donors (Lipinski definition) is 1. The van der Waals surface area contributed by atoms with E-state index in [4.69, 9.17) is 5.11 Å². The number of carbonyl (C=O) groups is 1. The van der Waals surface area contributed by atoms with Gasteiger partial charge < -0.3 is 10.0 Å². The van der Waals surface area contributed by atoms with Crippen molar-refractivity contribution < 1.29 is 18.3 Å². The van der Waals surface area contributed by atoms with Crippen LogP contribution in [0.1, 0.15) is 10.4 Å². The lowest BCUT2D eigenvalue weighted by Crippen LogP contribution is -2.32. The molecule has 0 spiro atoms. The summed E-state index contributed by atoms with van der Waals surface area (Å²) in [7, 11) is -1.50. The number of fused-ring (bicyclic) bond motifs is 1. The molecule has 0 radical (unpaired) electrons. The molecule has 2 rings (SSSR count). The van der Waals surface area contributed by atoms with E-state index in [2.05, 4.69) is 0 Å². The monoisotopic (exact) mass is 241 g/mol. The molecule has 1 aromatic carbocycles. The van der Waals surface area contributed by atoms with Crippen LogP contribution in [0.15, 0.2) is 23.1 Å². The van der Waals surface area contributed by atoms with E-state index >= 15 is 0 Å². The number of carboxylic acids is 1. The average Bonchev–Trinajstić information content (AvgIpc) is 2.23. The predicted octanol–water partition coefficient (Wildman–Crippen LogP) is 0.608. The Morgan fingerprint density at radius 1 is 1.44 bits per heavy atom. The summed E-state index contributed by atoms with van der Waals surface area (Å²) in [5.74, 6) is -0.984. The van der Waals surface area contributed by atoms with Crippen molar-refractivity contribution in [2.75, 3.05) is 24.2 Å². The third-order valence-corrected chi connectivity index (χ3v) is 4.38. The highest BCUT2D eigenvalue weighted by atomic mass is 32.2. The maximum Gasteiger partial charge on any atom is 0.335 e. The van der Waals surface area contributed by atoms with Crippen LogP contribution in [0, 0.1) is 0 Å². The lowest BCUT2D eigenvalue weighted by molar-refractivity contribution is 0.0697. The first-order valence-corrected chi connectivity index (χ1v) is 6.38. The SMILES string of the molecule is CN1CCS(=O)(=O)c2ccc(C(=O)O)cc21. The van der Waals surface area contributed by atoms with Gasteiger partial charge in [-0.05, 0) is 18.2 Å². The highest BCUT2D eigenvalue weighted by Crippen LogP contribution is 2.30. The minimum atomic E-state index is -3.25. The molecule has 1 heterocycles. The fourth-order valence-corrected chi connectivity index (χ4v) is 3.24. The highest BCUT2D eigenvalue weighted by molar-refractivity contribution is 7.91. The topological polar surface area (TPSA) is 74.7 Å². The number of carboxylic acid groups (broad SMARTS) is 1. The molecule has 1 aliphatic rings. The van der Waals surface area contributed by atoms with Gasteiger partial charge in [0.2, 0.25) is 0 Å². The van der Waals surface area contributed by atoms with E-state index in [0.29, 0.717) is 12.2 Å². The Kier molecular flexibility index (Phi) is 2.38. The van der Waals surface area contributed by atoms with Crippen molar-refractivity contribution in [2.24, 2.45) is 0 Å². The maximum absolute atomic E-state index is 11.7. The van der Waals surface area contributed by atoms with Crippen LogP contribution in [0.25, 0.3) is 0 Å². The molecule has 0 aliphatic carbocycles. The molecular formula is C10H11NO4S. The van der Waals surface area contributed by atoms with E-state index in [1.807, 2.05) is 0 Å². The Labute approximate surface area is 93.2 Å². The highest BCUT2D eigenvalue weighted by Gasteiger charge is 2.27. The van der Waals surface area contributed by atoms with E-state index in [0.717, 1.165) is 0 Å². The number of anilines is 1. The van der Waals surface area contributed by atoms with Gasteiger partial charge in [-0.1, -0.05) is 0 Å². The summed E-state index contributed by atoms with van der Waals surface area (Å²) in [4.78, 5) is 12.8. The van der Waals surface area contributed by atoms with Gasteiger partial charge in [-0.25, -0.2) is 13.2 Å². The van der Waals surface area contributed by atoms with Crippen LogP contribution in [0.2, 0.25) is 0 Å². The molecule has 6 heteroatoms. The Balaban J connectivity index is 2.65. The van der Waals surface area contributed by atoms with Crippen molar-refractivity contribution in [3.8, 4) is 0 Å². The number of nitrogens with zero attached hydrogens (tertiary/aromatic N) is 1. The first kappa shape index (κ1) is 10.9. The number of rotatable bonds is 1. The third-order valence-electron chi connectivity index (χ3n) is 2.65. The molecule has 0 atom stereocenters.